The third-order valence-electron chi connectivity index (χ3n) is 6.26. The molecule has 1 fully saturated rings. The van der Waals surface area contributed by atoms with Crippen molar-refractivity contribution in [1.82, 2.24) is 0 Å². The molecule has 2 aliphatic rings. The van der Waals surface area contributed by atoms with Gasteiger partial charge < -0.3 is 24.4 Å². The standard InChI is InChI=1S/C28H23NO8/c1-35-20-9-4-17(5-10-20)25-24(26(32)18-6-11-21-22(15-18)37-13-12-36-21)27(33)28(34)29(25)19-7-2-16(3-8-19)14-23(30)31/h2-11,15,25,32H,12-14H2,1H3,(H,30,31)/b26-24-. The second-order valence-corrected chi connectivity index (χ2v) is 8.54. The minimum Gasteiger partial charge on any atom is -0.507 e. The lowest BCUT2D eigenvalue weighted by Gasteiger charge is -2.26. The molecule has 0 bridgehead atoms. The zero-order chi connectivity index (χ0) is 26.1. The molecule has 37 heavy (non-hydrogen) atoms. The van der Waals surface area contributed by atoms with E-state index in [4.69, 9.17) is 19.3 Å². The molecule has 1 saturated heterocycles. The molecule has 1 amide bonds. The molecule has 0 saturated carbocycles. The molecule has 9 heteroatoms. The van der Waals surface area contributed by atoms with Crippen LogP contribution in [0.25, 0.3) is 5.76 Å². The molecule has 1 unspecified atom stereocenters. The number of methoxy groups -OCH3 is 1. The predicted molar refractivity (Wildman–Crippen MR) is 133 cm³/mol. The van der Waals surface area contributed by atoms with Crippen molar-refractivity contribution in [3.8, 4) is 17.2 Å². The summed E-state index contributed by atoms with van der Waals surface area (Å²) in [4.78, 5) is 39.0. The molecule has 2 aliphatic heterocycles. The van der Waals surface area contributed by atoms with Crippen LogP contribution in [0, 0.1) is 0 Å². The molecule has 0 radical (unpaired) electrons. The van der Waals surface area contributed by atoms with Gasteiger partial charge in [0.25, 0.3) is 11.7 Å². The third kappa shape index (κ3) is 4.47. The molecule has 3 aromatic rings. The van der Waals surface area contributed by atoms with Gasteiger partial charge in [-0.15, -0.1) is 0 Å². The number of Topliss-reactive ketones (excluding diaryl/α,β-unsaturated/α-hetero) is 1. The number of benzene rings is 3. The van der Waals surface area contributed by atoms with Gasteiger partial charge in [-0.2, -0.15) is 0 Å². The highest BCUT2D eigenvalue weighted by molar-refractivity contribution is 6.51. The number of fused-ring (bicyclic) bond motifs is 1. The maximum Gasteiger partial charge on any atom is 0.307 e. The summed E-state index contributed by atoms with van der Waals surface area (Å²) >= 11 is 0. The Kier molecular flexibility index (Phi) is 6.27. The number of nitrogens with zero attached hydrogens (tertiary/aromatic N) is 1. The second kappa shape index (κ2) is 9.69. The first kappa shape index (κ1) is 23.9. The van der Waals surface area contributed by atoms with E-state index >= 15 is 0 Å². The number of aliphatic hydroxyl groups is 1. The van der Waals surface area contributed by atoms with Gasteiger partial charge in [0.1, 0.15) is 24.7 Å². The Morgan fingerprint density at radius 3 is 2.27 bits per heavy atom. The van der Waals surface area contributed by atoms with Crippen molar-refractivity contribution in [3.05, 3.63) is 89.0 Å². The molecular weight excluding hydrogens is 478 g/mol. The van der Waals surface area contributed by atoms with Gasteiger partial charge in [-0.1, -0.05) is 24.3 Å². The number of carbonyl (C=O) groups is 3. The molecule has 9 nitrogen and oxygen atoms in total. The van der Waals surface area contributed by atoms with Crippen LogP contribution >= 0.6 is 0 Å². The molecule has 188 valence electrons. The number of amides is 1. The number of carboxylic acids is 1. The third-order valence-corrected chi connectivity index (χ3v) is 6.26. The minimum atomic E-state index is -0.981. The second-order valence-electron chi connectivity index (χ2n) is 8.54. The van der Waals surface area contributed by atoms with Crippen molar-refractivity contribution >= 4 is 29.1 Å². The number of ether oxygens (including phenoxy) is 3. The zero-order valence-electron chi connectivity index (χ0n) is 19.8. The first-order valence-corrected chi connectivity index (χ1v) is 11.5. The lowest BCUT2D eigenvalue weighted by Crippen LogP contribution is -2.29. The first-order chi connectivity index (χ1) is 17.9. The van der Waals surface area contributed by atoms with Crippen LogP contribution < -0.4 is 19.1 Å². The van der Waals surface area contributed by atoms with E-state index in [1.807, 2.05) is 0 Å². The molecule has 2 N–H and O–H groups in total. The van der Waals surface area contributed by atoms with E-state index in [1.54, 1.807) is 66.7 Å². The Balaban J connectivity index is 1.63. The summed E-state index contributed by atoms with van der Waals surface area (Å²) in [5.74, 6) is -1.44. The van der Waals surface area contributed by atoms with Crippen molar-refractivity contribution in [2.45, 2.75) is 12.5 Å². The molecule has 1 atom stereocenters. The van der Waals surface area contributed by atoms with Crippen molar-refractivity contribution in [1.29, 1.82) is 0 Å². The van der Waals surface area contributed by atoms with E-state index < -0.39 is 23.7 Å². The SMILES string of the molecule is COc1ccc(C2/C(=C(/O)c3ccc4c(c3)OCCO4)C(=O)C(=O)N2c2ccc(CC(=O)O)cc2)cc1. The average molecular weight is 501 g/mol. The van der Waals surface area contributed by atoms with Crippen LogP contribution in [0.5, 0.6) is 17.2 Å². The van der Waals surface area contributed by atoms with Crippen LogP contribution in [0.2, 0.25) is 0 Å². The zero-order valence-corrected chi connectivity index (χ0v) is 19.8. The van der Waals surface area contributed by atoms with Crippen molar-refractivity contribution in [2.75, 3.05) is 25.2 Å². The van der Waals surface area contributed by atoms with Crippen molar-refractivity contribution < 1.29 is 38.8 Å². The normalized spacial score (nSPS) is 18.1. The summed E-state index contributed by atoms with van der Waals surface area (Å²) in [6.45, 7) is 0.761. The molecule has 0 aromatic heterocycles. The highest BCUT2D eigenvalue weighted by atomic mass is 16.6. The molecule has 3 aromatic carbocycles. The van der Waals surface area contributed by atoms with Crippen LogP contribution in [0.1, 0.15) is 22.7 Å². The Hall–Kier alpha value is -4.79. The summed E-state index contributed by atoms with van der Waals surface area (Å²) < 4.78 is 16.4. The monoisotopic (exact) mass is 501 g/mol. The number of carboxylic acid groups (broad SMARTS) is 1. The van der Waals surface area contributed by atoms with Gasteiger partial charge in [0.05, 0.1) is 25.1 Å². The number of carbonyl (C=O) groups excluding carboxylic acids is 2. The van der Waals surface area contributed by atoms with E-state index in [0.29, 0.717) is 52.8 Å². The summed E-state index contributed by atoms with van der Waals surface area (Å²) in [5, 5.41) is 20.4. The Labute approximate surface area is 212 Å². The number of aliphatic hydroxyl groups excluding tert-OH is 1. The van der Waals surface area contributed by atoms with Crippen molar-refractivity contribution in [2.24, 2.45) is 0 Å². The predicted octanol–water partition coefficient (Wildman–Crippen LogP) is 3.72. The topological polar surface area (TPSA) is 123 Å². The maximum absolute atomic E-state index is 13.3. The highest BCUT2D eigenvalue weighted by Gasteiger charge is 2.47. The Morgan fingerprint density at radius 2 is 1.62 bits per heavy atom. The fraction of sp³-hybridized carbons (Fsp3) is 0.179. The van der Waals surface area contributed by atoms with Gasteiger partial charge in [-0.3, -0.25) is 19.3 Å². The van der Waals surface area contributed by atoms with Crippen LogP contribution in [0.4, 0.5) is 5.69 Å². The number of rotatable bonds is 6. The summed E-state index contributed by atoms with van der Waals surface area (Å²) in [6.07, 6.45) is -0.175. The summed E-state index contributed by atoms with van der Waals surface area (Å²) in [7, 11) is 1.53. The maximum atomic E-state index is 13.3. The molecule has 5 rings (SSSR count). The fourth-order valence-electron chi connectivity index (χ4n) is 4.50. The van der Waals surface area contributed by atoms with Crippen LogP contribution in [0.3, 0.4) is 0 Å². The number of hydrogen-bond acceptors (Lipinski definition) is 7. The van der Waals surface area contributed by atoms with E-state index in [0.717, 1.165) is 0 Å². The Bertz CT molecular complexity index is 1410. The van der Waals surface area contributed by atoms with Gasteiger partial charge >= 0.3 is 5.97 Å². The van der Waals surface area contributed by atoms with Gasteiger partial charge in [0, 0.05) is 11.3 Å². The summed E-state index contributed by atoms with van der Waals surface area (Å²) in [6, 6.07) is 17.1. The quantitative estimate of drug-likeness (QED) is 0.298. The minimum absolute atomic E-state index is 0.0820. The largest absolute Gasteiger partial charge is 0.507 e. The smallest absolute Gasteiger partial charge is 0.307 e. The van der Waals surface area contributed by atoms with Gasteiger partial charge in [-0.25, -0.2) is 0 Å². The fourth-order valence-corrected chi connectivity index (χ4v) is 4.50. The van der Waals surface area contributed by atoms with Gasteiger partial charge in [0.15, 0.2) is 11.5 Å². The van der Waals surface area contributed by atoms with E-state index in [2.05, 4.69) is 0 Å². The number of anilines is 1. The van der Waals surface area contributed by atoms with Crippen molar-refractivity contribution in [3.63, 3.8) is 0 Å². The molecule has 0 spiro atoms. The Morgan fingerprint density at radius 1 is 0.946 bits per heavy atom. The molecule has 0 aliphatic carbocycles. The van der Waals surface area contributed by atoms with E-state index in [1.165, 1.54) is 12.0 Å². The van der Waals surface area contributed by atoms with Gasteiger partial charge in [-0.05, 0) is 53.6 Å². The van der Waals surface area contributed by atoms with Crippen LogP contribution in [-0.4, -0.2) is 48.2 Å². The number of ketones is 1. The van der Waals surface area contributed by atoms with E-state index in [-0.39, 0.29) is 17.8 Å². The first-order valence-electron chi connectivity index (χ1n) is 11.5. The highest BCUT2D eigenvalue weighted by Crippen LogP contribution is 2.43. The van der Waals surface area contributed by atoms with Crippen LogP contribution in [-0.2, 0) is 20.8 Å². The average Bonchev–Trinajstić information content (AvgIpc) is 3.18. The van der Waals surface area contributed by atoms with Crippen LogP contribution in [0.15, 0.2) is 72.3 Å². The number of aliphatic carboxylic acids is 1. The van der Waals surface area contributed by atoms with Gasteiger partial charge in [0.2, 0.25) is 0 Å². The lowest BCUT2D eigenvalue weighted by molar-refractivity contribution is -0.136. The molecular formula is C28H23NO8. The van der Waals surface area contributed by atoms with E-state index in [9.17, 15) is 19.5 Å². The number of hydrogen-bond donors (Lipinski definition) is 2. The summed E-state index contributed by atoms with van der Waals surface area (Å²) in [5.41, 5.74) is 1.73. The molecule has 2 heterocycles. The lowest BCUT2D eigenvalue weighted by atomic mass is 9.95.